The van der Waals surface area contributed by atoms with E-state index < -0.39 is 11.8 Å². The van der Waals surface area contributed by atoms with Gasteiger partial charge in [0.05, 0.1) is 13.2 Å². The predicted molar refractivity (Wildman–Crippen MR) is 58.8 cm³/mol. The normalized spacial score (nSPS) is 14.2. The highest BCUT2D eigenvalue weighted by Crippen LogP contribution is 2.09. The SMILES string of the molecule is C=C(C)C(=O)OC(C)(O)COCCOCC. The fourth-order valence-electron chi connectivity index (χ4n) is 0.840. The van der Waals surface area contributed by atoms with Crippen molar-refractivity contribution in [1.29, 1.82) is 0 Å². The predicted octanol–water partition coefficient (Wildman–Crippen LogP) is 0.867. The highest BCUT2D eigenvalue weighted by Gasteiger charge is 2.25. The van der Waals surface area contributed by atoms with Crippen LogP contribution in [0.4, 0.5) is 0 Å². The lowest BCUT2D eigenvalue weighted by Gasteiger charge is -2.23. The first kappa shape index (κ1) is 15.1. The molecule has 0 amide bonds. The molecule has 5 heteroatoms. The summed E-state index contributed by atoms with van der Waals surface area (Å²) in [5.41, 5.74) is 0.231. The Bertz CT molecular complexity index is 235. The van der Waals surface area contributed by atoms with E-state index in [-0.39, 0.29) is 12.2 Å². The third kappa shape index (κ3) is 7.39. The van der Waals surface area contributed by atoms with Crippen LogP contribution < -0.4 is 0 Å². The molecule has 5 nitrogen and oxygen atoms in total. The Hall–Kier alpha value is -0.910. The molecule has 0 aliphatic carbocycles. The summed E-state index contributed by atoms with van der Waals surface area (Å²) in [6.45, 7) is 9.46. The molecule has 16 heavy (non-hydrogen) atoms. The van der Waals surface area contributed by atoms with Crippen LogP contribution in [0.3, 0.4) is 0 Å². The molecular formula is C11H20O5. The zero-order valence-corrected chi connectivity index (χ0v) is 10.1. The number of hydrogen-bond acceptors (Lipinski definition) is 5. The maximum atomic E-state index is 11.1. The van der Waals surface area contributed by atoms with Crippen LogP contribution in [0.2, 0.25) is 0 Å². The van der Waals surface area contributed by atoms with Crippen molar-refractivity contribution in [2.24, 2.45) is 0 Å². The van der Waals surface area contributed by atoms with E-state index in [2.05, 4.69) is 6.58 Å². The van der Waals surface area contributed by atoms with Gasteiger partial charge in [0.15, 0.2) is 0 Å². The number of hydrogen-bond donors (Lipinski definition) is 1. The monoisotopic (exact) mass is 232 g/mol. The molecule has 1 N–H and O–H groups in total. The van der Waals surface area contributed by atoms with E-state index in [1.807, 2.05) is 6.92 Å². The van der Waals surface area contributed by atoms with Crippen LogP contribution in [0, 0.1) is 0 Å². The van der Waals surface area contributed by atoms with E-state index in [4.69, 9.17) is 14.2 Å². The average Bonchev–Trinajstić information content (AvgIpc) is 2.16. The van der Waals surface area contributed by atoms with Gasteiger partial charge >= 0.3 is 5.97 Å². The number of rotatable bonds is 8. The molecule has 0 aliphatic rings. The summed E-state index contributed by atoms with van der Waals surface area (Å²) in [6, 6.07) is 0. The third-order valence-corrected chi connectivity index (χ3v) is 1.61. The standard InChI is InChI=1S/C11H20O5/c1-5-14-6-7-15-8-11(4,13)16-10(12)9(2)3/h13H,2,5-8H2,1,3-4H3. The van der Waals surface area contributed by atoms with Gasteiger partial charge in [0.2, 0.25) is 5.79 Å². The van der Waals surface area contributed by atoms with Crippen molar-refractivity contribution < 1.29 is 24.1 Å². The summed E-state index contributed by atoms with van der Waals surface area (Å²) in [6.07, 6.45) is 0. The van der Waals surface area contributed by atoms with E-state index in [0.717, 1.165) is 0 Å². The maximum Gasteiger partial charge on any atom is 0.335 e. The summed E-state index contributed by atoms with van der Waals surface area (Å²) >= 11 is 0. The molecule has 1 unspecified atom stereocenters. The molecule has 0 saturated heterocycles. The number of esters is 1. The molecule has 0 bridgehead atoms. The summed E-state index contributed by atoms with van der Waals surface area (Å²) in [5, 5.41) is 9.64. The Labute approximate surface area is 96.0 Å². The van der Waals surface area contributed by atoms with Crippen molar-refractivity contribution in [3.8, 4) is 0 Å². The Morgan fingerprint density at radius 3 is 2.44 bits per heavy atom. The first-order valence-electron chi connectivity index (χ1n) is 5.15. The third-order valence-electron chi connectivity index (χ3n) is 1.61. The number of carbonyl (C=O) groups is 1. The van der Waals surface area contributed by atoms with Crippen LogP contribution in [0.15, 0.2) is 12.2 Å². The van der Waals surface area contributed by atoms with Gasteiger partial charge < -0.3 is 19.3 Å². The van der Waals surface area contributed by atoms with Crippen LogP contribution in [-0.2, 0) is 19.0 Å². The molecule has 0 heterocycles. The second-order valence-electron chi connectivity index (χ2n) is 3.59. The largest absolute Gasteiger partial charge is 0.428 e. The van der Waals surface area contributed by atoms with Gasteiger partial charge in [-0.2, -0.15) is 0 Å². The van der Waals surface area contributed by atoms with Crippen molar-refractivity contribution in [3.05, 3.63) is 12.2 Å². The molecule has 0 aromatic rings. The van der Waals surface area contributed by atoms with Gasteiger partial charge in [0, 0.05) is 19.1 Å². The lowest BCUT2D eigenvalue weighted by Crippen LogP contribution is -2.37. The lowest BCUT2D eigenvalue weighted by molar-refractivity contribution is -0.217. The molecule has 0 radical (unpaired) electrons. The summed E-state index contributed by atoms with van der Waals surface area (Å²) in [7, 11) is 0. The smallest absolute Gasteiger partial charge is 0.335 e. The molecule has 94 valence electrons. The Morgan fingerprint density at radius 2 is 1.94 bits per heavy atom. The second-order valence-corrected chi connectivity index (χ2v) is 3.59. The topological polar surface area (TPSA) is 65.0 Å². The maximum absolute atomic E-state index is 11.1. The fraction of sp³-hybridized carbons (Fsp3) is 0.727. The van der Waals surface area contributed by atoms with Crippen molar-refractivity contribution in [3.63, 3.8) is 0 Å². The van der Waals surface area contributed by atoms with Gasteiger partial charge in [-0.15, -0.1) is 0 Å². The molecule has 0 aromatic heterocycles. The minimum Gasteiger partial charge on any atom is -0.428 e. The van der Waals surface area contributed by atoms with Gasteiger partial charge in [0.1, 0.15) is 6.61 Å². The second kappa shape index (κ2) is 7.38. The summed E-state index contributed by atoms with van der Waals surface area (Å²) < 4.78 is 14.9. The molecule has 0 spiro atoms. The highest BCUT2D eigenvalue weighted by molar-refractivity contribution is 5.87. The quantitative estimate of drug-likeness (QED) is 0.291. The van der Waals surface area contributed by atoms with Gasteiger partial charge in [-0.25, -0.2) is 4.79 Å². The van der Waals surface area contributed by atoms with E-state index in [9.17, 15) is 9.90 Å². The van der Waals surface area contributed by atoms with Crippen molar-refractivity contribution in [1.82, 2.24) is 0 Å². The fourth-order valence-corrected chi connectivity index (χ4v) is 0.840. The zero-order chi connectivity index (χ0) is 12.6. The van der Waals surface area contributed by atoms with Crippen molar-refractivity contribution in [2.45, 2.75) is 26.6 Å². The van der Waals surface area contributed by atoms with Gasteiger partial charge in [-0.1, -0.05) is 6.58 Å². The number of ether oxygens (including phenoxy) is 3. The van der Waals surface area contributed by atoms with E-state index in [0.29, 0.717) is 19.8 Å². The number of carbonyl (C=O) groups excluding carboxylic acids is 1. The molecule has 0 aromatic carbocycles. The van der Waals surface area contributed by atoms with Crippen molar-refractivity contribution in [2.75, 3.05) is 26.4 Å². The van der Waals surface area contributed by atoms with E-state index >= 15 is 0 Å². The Morgan fingerprint density at radius 1 is 1.38 bits per heavy atom. The van der Waals surface area contributed by atoms with Crippen LogP contribution >= 0.6 is 0 Å². The van der Waals surface area contributed by atoms with Crippen LogP contribution in [-0.4, -0.2) is 43.3 Å². The minimum absolute atomic E-state index is 0.0981. The van der Waals surface area contributed by atoms with Gasteiger partial charge in [-0.05, 0) is 13.8 Å². The molecule has 0 fully saturated rings. The van der Waals surface area contributed by atoms with Crippen molar-refractivity contribution >= 4 is 5.97 Å². The molecule has 0 rings (SSSR count). The minimum atomic E-state index is -1.64. The Kier molecular flexibility index (Phi) is 6.96. The Balaban J connectivity index is 3.78. The molecular weight excluding hydrogens is 212 g/mol. The molecule has 0 aliphatic heterocycles. The van der Waals surface area contributed by atoms with E-state index in [1.165, 1.54) is 13.8 Å². The van der Waals surface area contributed by atoms with Crippen LogP contribution in [0.1, 0.15) is 20.8 Å². The highest BCUT2D eigenvalue weighted by atomic mass is 16.7. The van der Waals surface area contributed by atoms with Gasteiger partial charge in [-0.3, -0.25) is 0 Å². The first-order chi connectivity index (χ1) is 7.39. The van der Waals surface area contributed by atoms with Crippen LogP contribution in [0.25, 0.3) is 0 Å². The summed E-state index contributed by atoms with van der Waals surface area (Å²) in [4.78, 5) is 11.1. The summed E-state index contributed by atoms with van der Waals surface area (Å²) in [5.74, 6) is -2.28. The lowest BCUT2D eigenvalue weighted by atomic mass is 10.3. The zero-order valence-electron chi connectivity index (χ0n) is 10.1. The average molecular weight is 232 g/mol. The van der Waals surface area contributed by atoms with Crippen LogP contribution in [0.5, 0.6) is 0 Å². The first-order valence-corrected chi connectivity index (χ1v) is 5.15. The van der Waals surface area contributed by atoms with Gasteiger partial charge in [0.25, 0.3) is 0 Å². The number of aliphatic hydroxyl groups is 1. The molecule has 0 saturated carbocycles. The van der Waals surface area contributed by atoms with E-state index in [1.54, 1.807) is 0 Å². The molecule has 1 atom stereocenters.